The van der Waals surface area contributed by atoms with Crippen LogP contribution in [0.4, 0.5) is 4.39 Å². The second-order valence-corrected chi connectivity index (χ2v) is 7.63. The molecular weight excluding hydrogens is 313 g/mol. The fourth-order valence-corrected chi connectivity index (χ4v) is 3.97. The van der Waals surface area contributed by atoms with Crippen LogP contribution < -0.4 is 10.5 Å². The molecule has 0 aliphatic carbocycles. The monoisotopic (exact) mass is 329 g/mol. The largest absolute Gasteiger partial charge is 0.326 e. The zero-order valence-corrected chi connectivity index (χ0v) is 13.3. The van der Waals surface area contributed by atoms with Crippen LogP contribution in [0.1, 0.15) is 21.0 Å². The highest BCUT2D eigenvalue weighted by Gasteiger charge is 2.20. The van der Waals surface area contributed by atoms with Crippen LogP contribution >= 0.6 is 11.3 Å². The summed E-state index contributed by atoms with van der Waals surface area (Å²) in [5, 5.41) is 0.858. The standard InChI is InChI=1S/C13H16FN3O2S2/c1-8-12(14)3-10(5-15)4-13(8)21(18,19)17-7-11-6-16-9(2)20-11/h3-4,6,17H,5,7,15H2,1-2H3. The summed E-state index contributed by atoms with van der Waals surface area (Å²) in [5.74, 6) is -0.577. The van der Waals surface area contributed by atoms with Crippen molar-refractivity contribution in [3.8, 4) is 0 Å². The minimum atomic E-state index is -3.80. The molecule has 1 aromatic carbocycles. The van der Waals surface area contributed by atoms with Crippen molar-refractivity contribution in [1.29, 1.82) is 0 Å². The Labute approximate surface area is 127 Å². The summed E-state index contributed by atoms with van der Waals surface area (Å²) in [6.07, 6.45) is 1.62. The molecule has 0 saturated carbocycles. The lowest BCUT2D eigenvalue weighted by Crippen LogP contribution is -2.24. The summed E-state index contributed by atoms with van der Waals surface area (Å²) in [7, 11) is -3.80. The van der Waals surface area contributed by atoms with Gasteiger partial charge in [-0.3, -0.25) is 0 Å². The van der Waals surface area contributed by atoms with E-state index in [1.165, 1.54) is 30.4 Å². The van der Waals surface area contributed by atoms with Crippen molar-refractivity contribution in [3.63, 3.8) is 0 Å². The van der Waals surface area contributed by atoms with Crippen molar-refractivity contribution in [2.45, 2.75) is 31.8 Å². The van der Waals surface area contributed by atoms with E-state index in [0.29, 0.717) is 5.56 Å². The number of hydrogen-bond donors (Lipinski definition) is 2. The number of benzene rings is 1. The molecule has 8 heteroatoms. The molecule has 0 saturated heterocycles. The Morgan fingerprint density at radius 2 is 2.10 bits per heavy atom. The van der Waals surface area contributed by atoms with E-state index in [1.807, 2.05) is 6.92 Å². The van der Waals surface area contributed by atoms with Gasteiger partial charge >= 0.3 is 0 Å². The van der Waals surface area contributed by atoms with Gasteiger partial charge in [-0.2, -0.15) is 0 Å². The lowest BCUT2D eigenvalue weighted by atomic mass is 10.1. The molecule has 1 aromatic heterocycles. The molecule has 114 valence electrons. The van der Waals surface area contributed by atoms with Crippen LogP contribution in [0.2, 0.25) is 0 Å². The van der Waals surface area contributed by atoms with Crippen molar-refractivity contribution in [2.24, 2.45) is 5.73 Å². The molecule has 0 spiro atoms. The Hall–Kier alpha value is -1.35. The first-order valence-corrected chi connectivity index (χ1v) is 8.53. The van der Waals surface area contributed by atoms with E-state index in [0.717, 1.165) is 9.88 Å². The Kier molecular flexibility index (Phi) is 4.72. The average Bonchev–Trinajstić information content (AvgIpc) is 2.85. The number of aromatic nitrogens is 1. The Morgan fingerprint density at radius 1 is 1.38 bits per heavy atom. The Bertz CT molecular complexity index is 757. The SMILES string of the molecule is Cc1ncc(CNS(=O)(=O)c2cc(CN)cc(F)c2C)s1. The van der Waals surface area contributed by atoms with Gasteiger partial charge < -0.3 is 5.73 Å². The predicted octanol–water partition coefficient (Wildman–Crippen LogP) is 1.84. The van der Waals surface area contributed by atoms with Crippen LogP contribution in [0.25, 0.3) is 0 Å². The van der Waals surface area contributed by atoms with Gasteiger partial charge in [0.05, 0.1) is 9.90 Å². The number of nitrogens with zero attached hydrogens (tertiary/aromatic N) is 1. The number of nitrogens with one attached hydrogen (secondary N) is 1. The molecule has 2 rings (SSSR count). The van der Waals surface area contributed by atoms with Crippen LogP contribution in [-0.2, 0) is 23.1 Å². The van der Waals surface area contributed by atoms with E-state index in [-0.39, 0.29) is 23.5 Å². The van der Waals surface area contributed by atoms with Gasteiger partial charge in [-0.25, -0.2) is 22.5 Å². The molecule has 2 aromatic rings. The fraction of sp³-hybridized carbons (Fsp3) is 0.308. The first-order valence-electron chi connectivity index (χ1n) is 6.23. The molecule has 21 heavy (non-hydrogen) atoms. The van der Waals surface area contributed by atoms with Gasteiger partial charge in [0.25, 0.3) is 0 Å². The summed E-state index contributed by atoms with van der Waals surface area (Å²) in [5.41, 5.74) is 5.98. The van der Waals surface area contributed by atoms with E-state index >= 15 is 0 Å². The smallest absolute Gasteiger partial charge is 0.241 e. The van der Waals surface area contributed by atoms with Crippen molar-refractivity contribution in [3.05, 3.63) is 45.2 Å². The molecule has 0 aliphatic heterocycles. The van der Waals surface area contributed by atoms with Crippen molar-refractivity contribution in [1.82, 2.24) is 9.71 Å². The number of nitrogens with two attached hydrogens (primary N) is 1. The zero-order valence-electron chi connectivity index (χ0n) is 11.7. The minimum absolute atomic E-state index is 0.0771. The second kappa shape index (κ2) is 6.18. The molecule has 0 aliphatic rings. The first kappa shape index (κ1) is 16.0. The number of rotatable bonds is 5. The normalized spacial score (nSPS) is 11.8. The topological polar surface area (TPSA) is 85.1 Å². The van der Waals surface area contributed by atoms with Crippen LogP contribution in [0.15, 0.2) is 23.2 Å². The van der Waals surface area contributed by atoms with E-state index < -0.39 is 15.8 Å². The minimum Gasteiger partial charge on any atom is -0.326 e. The first-order chi connectivity index (χ1) is 9.83. The summed E-state index contributed by atoms with van der Waals surface area (Å²) >= 11 is 1.41. The molecule has 0 bridgehead atoms. The van der Waals surface area contributed by atoms with Crippen LogP contribution in [0, 0.1) is 19.7 Å². The van der Waals surface area contributed by atoms with Gasteiger partial charge in [0.15, 0.2) is 0 Å². The van der Waals surface area contributed by atoms with Crippen LogP contribution in [-0.4, -0.2) is 13.4 Å². The fourth-order valence-electron chi connectivity index (χ4n) is 1.83. The molecule has 0 radical (unpaired) electrons. The van der Waals surface area contributed by atoms with Crippen molar-refractivity contribution < 1.29 is 12.8 Å². The number of halogens is 1. The maximum absolute atomic E-state index is 13.8. The molecule has 5 nitrogen and oxygen atoms in total. The second-order valence-electron chi connectivity index (χ2n) is 4.58. The van der Waals surface area contributed by atoms with Gasteiger partial charge in [0.1, 0.15) is 5.82 Å². The van der Waals surface area contributed by atoms with Gasteiger partial charge in [-0.15, -0.1) is 11.3 Å². The van der Waals surface area contributed by atoms with E-state index in [1.54, 1.807) is 6.20 Å². The number of sulfonamides is 1. The molecule has 1 heterocycles. The zero-order chi connectivity index (χ0) is 15.6. The number of thiazole rings is 1. The molecule has 0 atom stereocenters. The quantitative estimate of drug-likeness (QED) is 0.876. The van der Waals surface area contributed by atoms with Gasteiger partial charge in [0, 0.05) is 29.7 Å². The molecule has 0 amide bonds. The van der Waals surface area contributed by atoms with Crippen molar-refractivity contribution >= 4 is 21.4 Å². The van der Waals surface area contributed by atoms with E-state index in [4.69, 9.17) is 5.73 Å². The predicted molar refractivity (Wildman–Crippen MR) is 79.9 cm³/mol. The van der Waals surface area contributed by atoms with Gasteiger partial charge in [-0.1, -0.05) is 0 Å². The lowest BCUT2D eigenvalue weighted by molar-refractivity contribution is 0.574. The maximum atomic E-state index is 13.8. The Balaban J connectivity index is 2.29. The Morgan fingerprint density at radius 3 is 2.67 bits per heavy atom. The molecule has 0 unspecified atom stereocenters. The third-order valence-electron chi connectivity index (χ3n) is 2.99. The highest BCUT2D eigenvalue weighted by molar-refractivity contribution is 7.89. The van der Waals surface area contributed by atoms with Crippen molar-refractivity contribution in [2.75, 3.05) is 0 Å². The van der Waals surface area contributed by atoms with Gasteiger partial charge in [-0.05, 0) is 31.5 Å². The number of hydrogen-bond acceptors (Lipinski definition) is 5. The average molecular weight is 329 g/mol. The maximum Gasteiger partial charge on any atom is 0.241 e. The summed E-state index contributed by atoms with van der Waals surface area (Å²) in [6, 6.07) is 2.65. The third kappa shape index (κ3) is 3.65. The lowest BCUT2D eigenvalue weighted by Gasteiger charge is -2.11. The summed E-state index contributed by atoms with van der Waals surface area (Å²) in [4.78, 5) is 4.77. The summed E-state index contributed by atoms with van der Waals surface area (Å²) in [6.45, 7) is 3.48. The van der Waals surface area contributed by atoms with E-state index in [2.05, 4.69) is 9.71 Å². The highest BCUT2D eigenvalue weighted by Crippen LogP contribution is 2.21. The molecular formula is C13H16FN3O2S2. The molecule has 3 N–H and O–H groups in total. The molecule has 0 fully saturated rings. The summed E-state index contributed by atoms with van der Waals surface area (Å²) < 4.78 is 40.9. The van der Waals surface area contributed by atoms with E-state index in [9.17, 15) is 12.8 Å². The highest BCUT2D eigenvalue weighted by atomic mass is 32.2. The van der Waals surface area contributed by atoms with Gasteiger partial charge in [0.2, 0.25) is 10.0 Å². The van der Waals surface area contributed by atoms with Crippen LogP contribution in [0.3, 0.4) is 0 Å². The third-order valence-corrected chi connectivity index (χ3v) is 5.43. The number of aryl methyl sites for hydroxylation is 1. The van der Waals surface area contributed by atoms with Crippen LogP contribution in [0.5, 0.6) is 0 Å².